The van der Waals surface area contributed by atoms with Crippen LogP contribution < -0.4 is 4.57 Å². The number of halogens is 1. The summed E-state index contributed by atoms with van der Waals surface area (Å²) in [5.41, 5.74) is 0.827. The Balaban J connectivity index is 2.29. The quantitative estimate of drug-likeness (QED) is 0.338. The van der Waals surface area contributed by atoms with Crippen molar-refractivity contribution in [2.75, 3.05) is 11.5 Å². The topological polar surface area (TPSA) is 115 Å². The minimum Gasteiger partial charge on any atom is -0.748 e. The molecular formula is C15H20ClNO6S4. The molecule has 7 nitrogen and oxygen atoms in total. The third-order valence-electron chi connectivity index (χ3n) is 4.06. The molecule has 2 atom stereocenters. The van der Waals surface area contributed by atoms with E-state index in [1.165, 1.54) is 30.0 Å². The first-order valence-electron chi connectivity index (χ1n) is 8.04. The van der Waals surface area contributed by atoms with Crippen LogP contribution in [0.3, 0.4) is 0 Å². The summed E-state index contributed by atoms with van der Waals surface area (Å²) >= 11 is 9.00. The van der Waals surface area contributed by atoms with E-state index < -0.39 is 31.2 Å². The fourth-order valence-corrected chi connectivity index (χ4v) is 6.57. The van der Waals surface area contributed by atoms with Gasteiger partial charge in [-0.15, -0.1) is 0 Å². The van der Waals surface area contributed by atoms with Gasteiger partial charge in [-0.2, -0.15) is 13.0 Å². The molecule has 1 aromatic heterocycles. The molecule has 152 valence electrons. The molecule has 0 aliphatic carbocycles. The lowest BCUT2D eigenvalue weighted by Gasteiger charge is -2.11. The van der Waals surface area contributed by atoms with Gasteiger partial charge in [-0.3, -0.25) is 4.55 Å². The summed E-state index contributed by atoms with van der Waals surface area (Å²) in [6, 6.07) is 5.13. The molecule has 0 spiro atoms. The molecule has 2 unspecified atom stereocenters. The number of benzene rings is 1. The van der Waals surface area contributed by atoms with Crippen LogP contribution in [0.2, 0.25) is 5.02 Å². The summed E-state index contributed by atoms with van der Waals surface area (Å²) < 4.78 is 68.0. The van der Waals surface area contributed by atoms with Crippen LogP contribution in [0, 0.1) is 0 Å². The van der Waals surface area contributed by atoms with E-state index in [0.29, 0.717) is 10.8 Å². The molecule has 0 saturated carbocycles. The van der Waals surface area contributed by atoms with Gasteiger partial charge in [0.1, 0.15) is 4.70 Å². The number of thioether (sulfide) groups is 1. The molecule has 1 N–H and O–H groups in total. The molecule has 1 aromatic carbocycles. The molecule has 12 heteroatoms. The van der Waals surface area contributed by atoms with Gasteiger partial charge in [0.25, 0.3) is 14.5 Å². The Morgan fingerprint density at radius 2 is 1.93 bits per heavy atom. The maximum atomic E-state index is 11.1. The number of hydrogen-bond donors (Lipinski definition) is 1. The van der Waals surface area contributed by atoms with Gasteiger partial charge in [-0.1, -0.05) is 22.9 Å². The summed E-state index contributed by atoms with van der Waals surface area (Å²) in [5.74, 6) is -0.0168. The highest BCUT2D eigenvalue weighted by molar-refractivity contribution is 8.01. The third kappa shape index (κ3) is 6.55. The number of fused-ring (bicyclic) bond motifs is 1. The van der Waals surface area contributed by atoms with E-state index in [1.807, 2.05) is 17.6 Å². The zero-order chi connectivity index (χ0) is 20.4. The SMILES string of the molecule is CC(CCS(=O)(=O)[O-])[n+]1c(SCCC(C)S(=O)(=O)O)sc2ccc(Cl)cc21. The second-order valence-electron chi connectivity index (χ2n) is 6.21. The molecular weight excluding hydrogens is 454 g/mol. The van der Waals surface area contributed by atoms with Crippen LogP contribution in [-0.4, -0.2) is 42.7 Å². The molecule has 1 heterocycles. The van der Waals surface area contributed by atoms with Crippen LogP contribution in [0.1, 0.15) is 32.7 Å². The summed E-state index contributed by atoms with van der Waals surface area (Å²) in [6.07, 6.45) is 0.422. The van der Waals surface area contributed by atoms with Crippen LogP contribution in [0.15, 0.2) is 22.5 Å². The summed E-state index contributed by atoms with van der Waals surface area (Å²) in [7, 11) is -8.39. The highest BCUT2D eigenvalue weighted by Gasteiger charge is 2.27. The highest BCUT2D eigenvalue weighted by Crippen LogP contribution is 2.32. The Morgan fingerprint density at radius 1 is 1.26 bits per heavy atom. The van der Waals surface area contributed by atoms with Crippen LogP contribution in [0.5, 0.6) is 0 Å². The van der Waals surface area contributed by atoms with Crippen molar-refractivity contribution in [3.63, 3.8) is 0 Å². The molecule has 0 aliphatic heterocycles. The molecule has 0 amide bonds. The van der Waals surface area contributed by atoms with Crippen molar-refractivity contribution in [2.45, 2.75) is 42.3 Å². The van der Waals surface area contributed by atoms with E-state index in [1.54, 1.807) is 12.1 Å². The van der Waals surface area contributed by atoms with Crippen molar-refractivity contribution in [1.29, 1.82) is 0 Å². The zero-order valence-electron chi connectivity index (χ0n) is 14.7. The first kappa shape index (κ1) is 22.9. The fraction of sp³-hybridized carbons (Fsp3) is 0.533. The average molecular weight is 474 g/mol. The van der Waals surface area contributed by atoms with Crippen molar-refractivity contribution in [2.24, 2.45) is 0 Å². The molecule has 0 fully saturated rings. The summed E-state index contributed by atoms with van der Waals surface area (Å²) in [4.78, 5) is 0. The van der Waals surface area contributed by atoms with Crippen molar-refractivity contribution < 1.29 is 30.5 Å². The normalized spacial score (nSPS) is 15.1. The van der Waals surface area contributed by atoms with E-state index in [-0.39, 0.29) is 18.9 Å². The van der Waals surface area contributed by atoms with E-state index in [0.717, 1.165) is 14.6 Å². The Bertz CT molecular complexity index is 1020. The molecule has 2 rings (SSSR count). The fourth-order valence-electron chi connectivity index (χ4n) is 2.43. The number of hydrogen-bond acceptors (Lipinski definition) is 7. The summed E-state index contributed by atoms with van der Waals surface area (Å²) in [5, 5.41) is -0.334. The standard InChI is InChI=1S/C15H20ClNO6S4/c1-10(6-8-26(18,19)20)17-13-9-12(16)3-4-14(13)25-15(17)24-7-5-11(2)27(21,22)23/h3-4,9-11H,5-8H2,1-2H3,(H-,18,19,20,21,22,23). The molecule has 2 aromatic rings. The number of thiazole rings is 1. The first-order valence-corrected chi connectivity index (χ1v) is 13.3. The third-order valence-corrected chi connectivity index (χ3v) is 8.71. The van der Waals surface area contributed by atoms with Gasteiger partial charge >= 0.3 is 0 Å². The van der Waals surface area contributed by atoms with Gasteiger partial charge in [-0.05, 0) is 44.2 Å². The zero-order valence-corrected chi connectivity index (χ0v) is 18.7. The first-order chi connectivity index (χ1) is 12.4. The Labute approximate surface area is 172 Å². The second-order valence-corrected chi connectivity index (χ2v) is 12.4. The summed E-state index contributed by atoms with van der Waals surface area (Å²) in [6.45, 7) is 3.26. The van der Waals surface area contributed by atoms with Crippen LogP contribution in [0.25, 0.3) is 10.2 Å². The minimum absolute atomic E-state index is 0.157. The van der Waals surface area contributed by atoms with Crippen LogP contribution in [0.4, 0.5) is 0 Å². The molecule has 0 radical (unpaired) electrons. The lowest BCUT2D eigenvalue weighted by Crippen LogP contribution is -2.39. The van der Waals surface area contributed by atoms with E-state index >= 15 is 0 Å². The highest BCUT2D eigenvalue weighted by atomic mass is 35.5. The Morgan fingerprint density at radius 3 is 2.52 bits per heavy atom. The van der Waals surface area contributed by atoms with Crippen molar-refractivity contribution in [3.8, 4) is 0 Å². The van der Waals surface area contributed by atoms with E-state index in [4.69, 9.17) is 16.2 Å². The van der Waals surface area contributed by atoms with Crippen LogP contribution >= 0.6 is 34.7 Å². The number of aromatic nitrogens is 1. The smallest absolute Gasteiger partial charge is 0.298 e. The Hall–Kier alpha value is -0.430. The predicted octanol–water partition coefficient (Wildman–Crippen LogP) is 3.10. The van der Waals surface area contributed by atoms with Gasteiger partial charge in [0.15, 0.2) is 6.04 Å². The van der Waals surface area contributed by atoms with Gasteiger partial charge in [0.2, 0.25) is 5.52 Å². The van der Waals surface area contributed by atoms with Gasteiger partial charge in [0, 0.05) is 29.0 Å². The van der Waals surface area contributed by atoms with Gasteiger partial charge in [0.05, 0.1) is 15.4 Å². The van der Waals surface area contributed by atoms with Crippen LogP contribution in [-0.2, 0) is 20.2 Å². The molecule has 0 saturated heterocycles. The van der Waals surface area contributed by atoms with E-state index in [2.05, 4.69) is 0 Å². The Kier molecular flexibility index (Phi) is 7.56. The van der Waals surface area contributed by atoms with Gasteiger partial charge < -0.3 is 4.55 Å². The largest absolute Gasteiger partial charge is 0.748 e. The second kappa shape index (κ2) is 8.93. The van der Waals surface area contributed by atoms with Crippen molar-refractivity contribution >= 4 is 65.2 Å². The molecule has 0 bridgehead atoms. The van der Waals surface area contributed by atoms with Crippen molar-refractivity contribution in [3.05, 3.63) is 23.2 Å². The maximum absolute atomic E-state index is 11.1. The van der Waals surface area contributed by atoms with E-state index in [9.17, 15) is 21.4 Å². The molecule has 0 aliphatic rings. The minimum atomic E-state index is -4.32. The maximum Gasteiger partial charge on any atom is 0.298 e. The average Bonchev–Trinajstić information content (AvgIpc) is 2.88. The van der Waals surface area contributed by atoms with Crippen molar-refractivity contribution in [1.82, 2.24) is 0 Å². The number of rotatable bonds is 9. The molecule has 27 heavy (non-hydrogen) atoms. The number of nitrogens with zero attached hydrogens (tertiary/aromatic N) is 1. The lowest BCUT2D eigenvalue weighted by atomic mass is 10.2. The van der Waals surface area contributed by atoms with Gasteiger partial charge in [-0.25, -0.2) is 8.42 Å². The predicted molar refractivity (Wildman–Crippen MR) is 107 cm³/mol. The monoisotopic (exact) mass is 473 g/mol. The lowest BCUT2D eigenvalue weighted by molar-refractivity contribution is -0.724.